The van der Waals surface area contributed by atoms with Gasteiger partial charge in [-0.05, 0) is 25.7 Å². The van der Waals surface area contributed by atoms with Crippen LogP contribution in [0.3, 0.4) is 0 Å². The molecule has 2 rings (SSSR count). The van der Waals surface area contributed by atoms with Crippen LogP contribution in [0.1, 0.15) is 44.9 Å². The fraction of sp³-hybridized carbons (Fsp3) is 0.769. The van der Waals surface area contributed by atoms with E-state index in [1.54, 1.807) is 0 Å². The number of carbonyl (C=O) groups is 1. The van der Waals surface area contributed by atoms with Crippen molar-refractivity contribution < 1.29 is 9.53 Å². The minimum Gasteiger partial charge on any atom is -0.469 e. The summed E-state index contributed by atoms with van der Waals surface area (Å²) in [6, 6.07) is 0. The van der Waals surface area contributed by atoms with E-state index in [-0.39, 0.29) is 17.3 Å². The molecule has 0 heterocycles. The molecule has 0 aromatic rings. The van der Waals surface area contributed by atoms with Gasteiger partial charge in [-0.25, -0.2) is 0 Å². The summed E-state index contributed by atoms with van der Waals surface area (Å²) in [6.45, 7) is 0. The average molecular weight is 208 g/mol. The van der Waals surface area contributed by atoms with Crippen LogP contribution in [0, 0.1) is 11.3 Å². The molecule has 15 heavy (non-hydrogen) atoms. The van der Waals surface area contributed by atoms with Crippen LogP contribution in [0.2, 0.25) is 0 Å². The minimum absolute atomic E-state index is 0.00116. The zero-order valence-corrected chi connectivity index (χ0v) is 9.50. The molecule has 84 valence electrons. The summed E-state index contributed by atoms with van der Waals surface area (Å²) >= 11 is 0. The molecule has 1 fully saturated rings. The molecule has 0 aromatic heterocycles. The van der Waals surface area contributed by atoms with Gasteiger partial charge in [-0.1, -0.05) is 31.4 Å². The van der Waals surface area contributed by atoms with Gasteiger partial charge in [0.15, 0.2) is 0 Å². The van der Waals surface area contributed by atoms with Gasteiger partial charge in [0.05, 0.1) is 13.0 Å². The molecular formula is C13H20O2. The summed E-state index contributed by atoms with van der Waals surface area (Å²) in [5, 5.41) is 0. The van der Waals surface area contributed by atoms with Gasteiger partial charge in [0.2, 0.25) is 0 Å². The Morgan fingerprint density at radius 3 is 2.73 bits per heavy atom. The van der Waals surface area contributed by atoms with Crippen molar-refractivity contribution >= 4 is 5.97 Å². The number of rotatable bonds is 1. The van der Waals surface area contributed by atoms with Crippen LogP contribution in [0.15, 0.2) is 12.2 Å². The van der Waals surface area contributed by atoms with Crippen molar-refractivity contribution in [2.45, 2.75) is 44.9 Å². The average Bonchev–Trinajstić information content (AvgIpc) is 2.30. The first-order valence-corrected chi connectivity index (χ1v) is 6.04. The standard InChI is InChI=1S/C13H20O2/c1-15-12(14)11-7-3-6-10-13(11)8-4-2-5-9-13/h6,10-11H,2-5,7-9H2,1H3. The highest BCUT2D eigenvalue weighted by Crippen LogP contribution is 2.48. The lowest BCUT2D eigenvalue weighted by Gasteiger charge is -2.42. The molecule has 1 saturated carbocycles. The number of allylic oxidation sites excluding steroid dienone is 2. The van der Waals surface area contributed by atoms with Crippen molar-refractivity contribution in [3.05, 3.63) is 12.2 Å². The molecule has 2 nitrogen and oxygen atoms in total. The van der Waals surface area contributed by atoms with E-state index in [1.165, 1.54) is 39.2 Å². The van der Waals surface area contributed by atoms with Crippen molar-refractivity contribution in [3.8, 4) is 0 Å². The third-order valence-electron chi connectivity index (χ3n) is 4.04. The maximum Gasteiger partial charge on any atom is 0.309 e. The van der Waals surface area contributed by atoms with Gasteiger partial charge in [0.1, 0.15) is 0 Å². The normalized spacial score (nSPS) is 29.0. The number of esters is 1. The molecule has 0 radical (unpaired) electrons. The van der Waals surface area contributed by atoms with E-state index in [0.717, 1.165) is 12.8 Å². The van der Waals surface area contributed by atoms with Crippen molar-refractivity contribution in [2.24, 2.45) is 11.3 Å². The number of hydrogen-bond donors (Lipinski definition) is 0. The van der Waals surface area contributed by atoms with Crippen LogP contribution in [-0.2, 0) is 9.53 Å². The smallest absolute Gasteiger partial charge is 0.309 e. The molecule has 0 bridgehead atoms. The molecule has 1 spiro atoms. The first kappa shape index (κ1) is 10.7. The third kappa shape index (κ3) is 1.95. The second kappa shape index (κ2) is 4.38. The van der Waals surface area contributed by atoms with E-state index < -0.39 is 0 Å². The van der Waals surface area contributed by atoms with E-state index in [1.807, 2.05) is 0 Å². The molecule has 0 aromatic carbocycles. The first-order chi connectivity index (χ1) is 7.28. The fourth-order valence-electron chi connectivity index (χ4n) is 3.20. The Labute approximate surface area is 91.7 Å². The van der Waals surface area contributed by atoms with Gasteiger partial charge >= 0.3 is 5.97 Å². The Morgan fingerprint density at radius 2 is 2.07 bits per heavy atom. The highest BCUT2D eigenvalue weighted by Gasteiger charge is 2.43. The Kier molecular flexibility index (Phi) is 3.13. The molecule has 0 amide bonds. The van der Waals surface area contributed by atoms with E-state index in [9.17, 15) is 4.79 Å². The fourth-order valence-corrected chi connectivity index (χ4v) is 3.20. The molecule has 1 atom stereocenters. The number of ether oxygens (including phenoxy) is 1. The molecular weight excluding hydrogens is 188 g/mol. The molecule has 2 aliphatic rings. The minimum atomic E-state index is 0.00116. The van der Waals surface area contributed by atoms with Crippen LogP contribution >= 0.6 is 0 Å². The summed E-state index contributed by atoms with van der Waals surface area (Å²) in [7, 11) is 1.51. The van der Waals surface area contributed by atoms with Crippen LogP contribution in [0.4, 0.5) is 0 Å². The van der Waals surface area contributed by atoms with Gasteiger partial charge in [-0.2, -0.15) is 0 Å². The summed E-state index contributed by atoms with van der Waals surface area (Å²) in [4.78, 5) is 11.8. The molecule has 2 aliphatic carbocycles. The van der Waals surface area contributed by atoms with Crippen molar-refractivity contribution in [1.29, 1.82) is 0 Å². The van der Waals surface area contributed by atoms with Gasteiger partial charge in [-0.15, -0.1) is 0 Å². The largest absolute Gasteiger partial charge is 0.469 e. The Hall–Kier alpha value is -0.790. The van der Waals surface area contributed by atoms with Gasteiger partial charge in [0, 0.05) is 5.41 Å². The third-order valence-corrected chi connectivity index (χ3v) is 4.04. The molecule has 1 unspecified atom stereocenters. The number of methoxy groups -OCH3 is 1. The maximum atomic E-state index is 11.8. The van der Waals surface area contributed by atoms with Gasteiger partial charge in [0.25, 0.3) is 0 Å². The monoisotopic (exact) mass is 208 g/mol. The molecule has 0 N–H and O–H groups in total. The summed E-state index contributed by atoms with van der Waals surface area (Å²) in [5.74, 6) is 0.119. The van der Waals surface area contributed by atoms with Crippen LogP contribution in [0.5, 0.6) is 0 Å². The molecule has 0 aliphatic heterocycles. The maximum absolute atomic E-state index is 11.8. The topological polar surface area (TPSA) is 26.3 Å². The quantitative estimate of drug-likeness (QED) is 0.489. The highest BCUT2D eigenvalue weighted by atomic mass is 16.5. The number of hydrogen-bond acceptors (Lipinski definition) is 2. The summed E-state index contributed by atoms with van der Waals surface area (Å²) in [6.07, 6.45) is 12.7. The van der Waals surface area contributed by atoms with Crippen LogP contribution < -0.4 is 0 Å². The summed E-state index contributed by atoms with van der Waals surface area (Å²) < 4.78 is 4.94. The Balaban J connectivity index is 2.20. The predicted molar refractivity (Wildman–Crippen MR) is 59.4 cm³/mol. The lowest BCUT2D eigenvalue weighted by atomic mass is 9.62. The SMILES string of the molecule is COC(=O)C1CCC=CC12CCCCC2. The Bertz CT molecular complexity index is 262. The zero-order chi connectivity index (χ0) is 10.7. The van der Waals surface area contributed by atoms with Crippen molar-refractivity contribution in [2.75, 3.05) is 7.11 Å². The second-order valence-corrected chi connectivity index (χ2v) is 4.85. The zero-order valence-electron chi connectivity index (χ0n) is 9.50. The molecule has 2 heteroatoms. The summed E-state index contributed by atoms with van der Waals surface area (Å²) in [5.41, 5.74) is 0.142. The van der Waals surface area contributed by atoms with Crippen LogP contribution in [0.25, 0.3) is 0 Å². The van der Waals surface area contributed by atoms with Crippen molar-refractivity contribution in [1.82, 2.24) is 0 Å². The van der Waals surface area contributed by atoms with E-state index in [4.69, 9.17) is 4.74 Å². The van der Waals surface area contributed by atoms with Gasteiger partial charge in [-0.3, -0.25) is 4.79 Å². The van der Waals surface area contributed by atoms with Crippen LogP contribution in [-0.4, -0.2) is 13.1 Å². The Morgan fingerprint density at radius 1 is 1.33 bits per heavy atom. The molecule has 0 saturated heterocycles. The first-order valence-electron chi connectivity index (χ1n) is 6.04. The van der Waals surface area contributed by atoms with E-state index in [2.05, 4.69) is 12.2 Å². The van der Waals surface area contributed by atoms with Crippen molar-refractivity contribution in [3.63, 3.8) is 0 Å². The predicted octanol–water partition coefficient (Wildman–Crippen LogP) is 3.08. The number of carbonyl (C=O) groups excluding carboxylic acids is 1. The highest BCUT2D eigenvalue weighted by molar-refractivity contribution is 5.74. The van der Waals surface area contributed by atoms with E-state index in [0.29, 0.717) is 0 Å². The lowest BCUT2D eigenvalue weighted by molar-refractivity contribution is -0.150. The lowest BCUT2D eigenvalue weighted by Crippen LogP contribution is -2.38. The second-order valence-electron chi connectivity index (χ2n) is 4.85. The van der Waals surface area contributed by atoms with E-state index >= 15 is 0 Å². The van der Waals surface area contributed by atoms with Gasteiger partial charge < -0.3 is 4.74 Å².